The zero-order valence-electron chi connectivity index (χ0n) is 16.7. The van der Waals surface area contributed by atoms with E-state index in [4.69, 9.17) is 5.11 Å². The summed E-state index contributed by atoms with van der Waals surface area (Å²) in [5.74, 6) is -2.03. The Morgan fingerprint density at radius 3 is 2.66 bits per heavy atom. The van der Waals surface area contributed by atoms with Gasteiger partial charge in [-0.15, -0.1) is 5.10 Å². The third kappa shape index (κ3) is 4.86. The Bertz CT molecular complexity index is 1240. The fourth-order valence-corrected chi connectivity index (χ4v) is 4.19. The van der Waals surface area contributed by atoms with Crippen molar-refractivity contribution in [3.8, 4) is 11.3 Å². The van der Waals surface area contributed by atoms with E-state index in [1.54, 1.807) is 6.21 Å². The zero-order valence-corrected chi connectivity index (χ0v) is 17.6. The molecule has 32 heavy (non-hydrogen) atoms. The molecule has 0 aliphatic carbocycles. The van der Waals surface area contributed by atoms with Crippen molar-refractivity contribution in [2.24, 2.45) is 10.2 Å². The molecule has 4 rings (SSSR count). The lowest BCUT2D eigenvalue weighted by molar-refractivity contribution is -0.137. The van der Waals surface area contributed by atoms with Crippen LogP contribution in [0, 0.1) is 0 Å². The lowest BCUT2D eigenvalue weighted by atomic mass is 10.1. The smallest absolute Gasteiger partial charge is 0.322 e. The van der Waals surface area contributed by atoms with Crippen LogP contribution in [-0.2, 0) is 14.4 Å². The van der Waals surface area contributed by atoms with Gasteiger partial charge in [0.1, 0.15) is 11.8 Å². The summed E-state index contributed by atoms with van der Waals surface area (Å²) in [4.78, 5) is 37.8. The Balaban J connectivity index is 1.51. The lowest BCUT2D eigenvalue weighted by Crippen LogP contribution is -2.33. The third-order valence-electron chi connectivity index (χ3n) is 4.73. The van der Waals surface area contributed by atoms with Crippen molar-refractivity contribution in [2.45, 2.75) is 11.7 Å². The van der Waals surface area contributed by atoms with Gasteiger partial charge in [0.25, 0.3) is 0 Å². The molecule has 1 atom stereocenters. The summed E-state index contributed by atoms with van der Waals surface area (Å²) < 4.78 is 0. The molecule has 2 amide bonds. The van der Waals surface area contributed by atoms with E-state index in [0.717, 1.165) is 39.5 Å². The average molecular weight is 449 g/mol. The number of hydrogen-bond donors (Lipinski definition) is 4. The van der Waals surface area contributed by atoms with E-state index < -0.39 is 23.7 Å². The van der Waals surface area contributed by atoms with E-state index in [1.807, 2.05) is 54.6 Å². The number of hydrogen-bond acceptors (Lipinski definition) is 6. The first kappa shape index (κ1) is 21.3. The van der Waals surface area contributed by atoms with Crippen LogP contribution in [0.1, 0.15) is 12.0 Å². The number of thioether (sulfide) groups is 1. The van der Waals surface area contributed by atoms with E-state index in [0.29, 0.717) is 0 Å². The second kappa shape index (κ2) is 9.48. The molecule has 10 heteroatoms. The number of para-hydroxylation sites is 1. The molecule has 3 aromatic rings. The number of fused-ring (bicyclic) bond motifs is 1. The third-order valence-corrected chi connectivity index (χ3v) is 5.80. The van der Waals surface area contributed by atoms with Crippen LogP contribution in [0.15, 0.2) is 64.8 Å². The predicted octanol–water partition coefficient (Wildman–Crippen LogP) is 2.35. The number of rotatable bonds is 7. The van der Waals surface area contributed by atoms with Crippen LogP contribution in [-0.4, -0.2) is 51.1 Å². The number of carboxylic acid groups (broad SMARTS) is 1. The molecule has 162 valence electrons. The molecular weight excluding hydrogens is 430 g/mol. The van der Waals surface area contributed by atoms with Crippen LogP contribution in [0.4, 0.5) is 0 Å². The number of amidine groups is 1. The van der Waals surface area contributed by atoms with Crippen molar-refractivity contribution in [3.63, 3.8) is 0 Å². The minimum absolute atomic E-state index is 0.146. The SMILES string of the molecule is O=C(O)CNC(=O)C[C@@H]1S/C(=N\N=C\c2c(-c3ccccc3)[nH]c3ccccc23)NC1=O. The molecule has 1 aliphatic heterocycles. The first-order valence-electron chi connectivity index (χ1n) is 9.74. The molecule has 0 bridgehead atoms. The average Bonchev–Trinajstić information content (AvgIpc) is 3.33. The van der Waals surface area contributed by atoms with Crippen molar-refractivity contribution in [1.29, 1.82) is 0 Å². The molecule has 2 aromatic carbocycles. The van der Waals surface area contributed by atoms with Gasteiger partial charge in [-0.05, 0) is 11.6 Å². The largest absolute Gasteiger partial charge is 0.480 e. The van der Waals surface area contributed by atoms with Gasteiger partial charge >= 0.3 is 5.97 Å². The number of carbonyl (C=O) groups excluding carboxylic acids is 2. The number of aromatic nitrogens is 1. The van der Waals surface area contributed by atoms with Crippen molar-refractivity contribution < 1.29 is 19.5 Å². The van der Waals surface area contributed by atoms with E-state index >= 15 is 0 Å². The normalized spacial score (nSPS) is 17.2. The van der Waals surface area contributed by atoms with Crippen LogP contribution in [0.2, 0.25) is 0 Å². The van der Waals surface area contributed by atoms with Crippen molar-refractivity contribution in [2.75, 3.05) is 6.54 Å². The Labute approximate surface area is 187 Å². The second-order valence-electron chi connectivity index (χ2n) is 6.95. The second-order valence-corrected chi connectivity index (χ2v) is 8.14. The molecule has 9 nitrogen and oxygen atoms in total. The number of nitrogens with zero attached hydrogens (tertiary/aromatic N) is 2. The lowest BCUT2D eigenvalue weighted by Gasteiger charge is -2.04. The zero-order chi connectivity index (χ0) is 22.5. The number of H-pyrrole nitrogens is 1. The molecule has 1 fully saturated rings. The van der Waals surface area contributed by atoms with Crippen molar-refractivity contribution >= 4 is 51.8 Å². The van der Waals surface area contributed by atoms with Crippen LogP contribution < -0.4 is 10.6 Å². The number of benzene rings is 2. The minimum Gasteiger partial charge on any atom is -0.480 e. The molecule has 1 aromatic heterocycles. The number of aliphatic carboxylic acids is 1. The maximum atomic E-state index is 12.1. The van der Waals surface area contributed by atoms with Gasteiger partial charge in [-0.25, -0.2) is 0 Å². The van der Waals surface area contributed by atoms with Gasteiger partial charge in [0.2, 0.25) is 11.8 Å². The molecule has 1 saturated heterocycles. The summed E-state index contributed by atoms with van der Waals surface area (Å²) in [5, 5.41) is 22.3. The molecule has 0 saturated carbocycles. The van der Waals surface area contributed by atoms with Gasteiger partial charge in [-0.2, -0.15) is 5.10 Å². The van der Waals surface area contributed by atoms with Crippen LogP contribution in [0.25, 0.3) is 22.2 Å². The Kier molecular flexibility index (Phi) is 6.31. The highest BCUT2D eigenvalue weighted by Gasteiger charge is 2.32. The molecule has 4 N–H and O–H groups in total. The highest BCUT2D eigenvalue weighted by atomic mass is 32.2. The number of nitrogens with one attached hydrogen (secondary N) is 3. The first-order chi connectivity index (χ1) is 15.5. The summed E-state index contributed by atoms with van der Waals surface area (Å²) >= 11 is 1.08. The van der Waals surface area contributed by atoms with Crippen molar-refractivity contribution in [1.82, 2.24) is 15.6 Å². The molecule has 2 heterocycles. The minimum atomic E-state index is -1.15. The molecule has 0 unspecified atom stereocenters. The maximum Gasteiger partial charge on any atom is 0.322 e. The van der Waals surface area contributed by atoms with Gasteiger partial charge in [0.05, 0.1) is 11.9 Å². The Morgan fingerprint density at radius 1 is 1.12 bits per heavy atom. The summed E-state index contributed by atoms with van der Waals surface area (Å²) in [6, 6.07) is 17.7. The van der Waals surface area contributed by atoms with Gasteiger partial charge < -0.3 is 20.7 Å². The summed E-state index contributed by atoms with van der Waals surface area (Å²) in [5.41, 5.74) is 3.76. The number of aromatic amines is 1. The van der Waals surface area contributed by atoms with Crippen LogP contribution in [0.3, 0.4) is 0 Å². The van der Waals surface area contributed by atoms with Gasteiger partial charge in [-0.3, -0.25) is 14.4 Å². The van der Waals surface area contributed by atoms with E-state index in [-0.39, 0.29) is 17.5 Å². The Hall–Kier alpha value is -3.92. The summed E-state index contributed by atoms with van der Waals surface area (Å²) in [6.07, 6.45) is 1.49. The molecule has 1 aliphatic rings. The maximum absolute atomic E-state index is 12.1. The Morgan fingerprint density at radius 2 is 1.88 bits per heavy atom. The number of carboxylic acids is 1. The van der Waals surface area contributed by atoms with E-state index in [9.17, 15) is 14.4 Å². The predicted molar refractivity (Wildman–Crippen MR) is 124 cm³/mol. The topological polar surface area (TPSA) is 136 Å². The fourth-order valence-electron chi connectivity index (χ4n) is 3.27. The molecule has 0 spiro atoms. The van der Waals surface area contributed by atoms with Crippen LogP contribution in [0.5, 0.6) is 0 Å². The van der Waals surface area contributed by atoms with E-state index in [2.05, 4.69) is 25.8 Å². The highest BCUT2D eigenvalue weighted by molar-refractivity contribution is 8.15. The van der Waals surface area contributed by atoms with Gasteiger partial charge in [0.15, 0.2) is 5.17 Å². The highest BCUT2D eigenvalue weighted by Crippen LogP contribution is 2.29. The fraction of sp³-hybridized carbons (Fsp3) is 0.136. The van der Waals surface area contributed by atoms with Crippen LogP contribution >= 0.6 is 11.8 Å². The summed E-state index contributed by atoms with van der Waals surface area (Å²) in [7, 11) is 0. The van der Waals surface area contributed by atoms with E-state index in [1.165, 1.54) is 0 Å². The first-order valence-corrected chi connectivity index (χ1v) is 10.6. The van der Waals surface area contributed by atoms with Gasteiger partial charge in [-0.1, -0.05) is 60.3 Å². The number of amides is 2. The van der Waals surface area contributed by atoms with Crippen molar-refractivity contribution in [3.05, 3.63) is 60.2 Å². The summed E-state index contributed by atoms with van der Waals surface area (Å²) in [6.45, 7) is -0.489. The standard InChI is InChI=1S/C22H19N5O4S/c28-18(23-12-19(29)30)10-17-21(31)26-22(32-17)27-24-11-15-14-8-4-5-9-16(14)25-20(15)13-6-2-1-3-7-13/h1-9,11,17,25H,10,12H2,(H,23,28)(H,29,30)(H,26,27,31)/b24-11+/t17-/m0/s1. The number of carbonyl (C=O) groups is 3. The quantitative estimate of drug-likeness (QED) is 0.324. The molecular formula is C22H19N5O4S. The monoisotopic (exact) mass is 449 g/mol. The molecule has 0 radical (unpaired) electrons. The van der Waals surface area contributed by atoms with Gasteiger partial charge in [0, 0.05) is 22.9 Å².